The Hall–Kier alpha value is -12.1. The Kier molecular flexibility index (Phi) is 30.7. The van der Waals surface area contributed by atoms with Crippen molar-refractivity contribution in [3.63, 3.8) is 0 Å². The molecule has 6 aromatic rings. The number of nitro groups is 6. The smallest absolute Gasteiger partial charge is 0.491 e. The SMILES string of the molecule is [C-]#[N+]c1cc(OC)c([N+](=O)[O-])c(OC)c1C.[C-]#[N+]c1cc(OC)c([N+](=O)[O-])cc1C.[C-]#[N+]c1cc(OC)c([N+](=O)[O-])cc1C.[C-]#[N+]c1cc(OC)c([N+](=O)[O-])cc1C.[C-]#[N+]c1cc(OC)c([N+](=O)[O-])cc1C.[C-]#[N+]c1cc(OC)c([N+](=O)[O-])cc1C.[Tc+6]. The summed E-state index contributed by atoms with van der Waals surface area (Å²) in [6.45, 7) is 51.0. The maximum Gasteiger partial charge on any atom is 6.00 e. The van der Waals surface area contributed by atoms with Crippen molar-refractivity contribution in [2.24, 2.45) is 0 Å². The van der Waals surface area contributed by atoms with E-state index in [2.05, 4.69) is 29.1 Å². The van der Waals surface area contributed by atoms with Crippen molar-refractivity contribution in [3.05, 3.63) is 229 Å². The van der Waals surface area contributed by atoms with Crippen LogP contribution in [-0.2, 0) is 20.1 Å². The third-order valence-corrected chi connectivity index (χ3v) is 11.2. The molecule has 87 heavy (non-hydrogen) atoms. The molecular weight excluding hydrogens is 1230 g/mol. The molecule has 445 valence electrons. The van der Waals surface area contributed by atoms with Gasteiger partial charge in [0.15, 0.2) is 74.4 Å². The third-order valence-electron chi connectivity index (χ3n) is 11.2. The van der Waals surface area contributed by atoms with Crippen LogP contribution < -0.4 is 33.2 Å². The Morgan fingerprint density at radius 3 is 0.621 bits per heavy atom. The first kappa shape index (κ1) is 74.9. The molecule has 31 nitrogen and oxygen atoms in total. The van der Waals surface area contributed by atoms with Gasteiger partial charge < -0.3 is 33.2 Å². The molecule has 0 saturated heterocycles. The molecule has 0 aliphatic rings. The molecular formula is C55H50N12O19Tc+6. The van der Waals surface area contributed by atoms with Gasteiger partial charge in [-0.15, -0.1) is 0 Å². The molecule has 6 aromatic carbocycles. The van der Waals surface area contributed by atoms with Crippen molar-refractivity contribution < 1.29 is 82.8 Å². The van der Waals surface area contributed by atoms with Gasteiger partial charge in [0.1, 0.15) is 0 Å². The molecule has 0 amide bonds. The first-order chi connectivity index (χ1) is 40.5. The molecule has 0 spiro atoms. The van der Waals surface area contributed by atoms with Crippen LogP contribution in [0.2, 0.25) is 0 Å². The number of nitrogens with zero attached hydrogens (tertiary/aromatic N) is 12. The van der Waals surface area contributed by atoms with E-state index in [4.69, 9.17) is 72.6 Å². The minimum Gasteiger partial charge on any atom is -0.491 e. The van der Waals surface area contributed by atoms with Gasteiger partial charge in [0.05, 0.1) is 119 Å². The second kappa shape index (κ2) is 35.7. The van der Waals surface area contributed by atoms with Gasteiger partial charge in [-0.3, -0.25) is 60.7 Å². The molecule has 0 unspecified atom stereocenters. The Bertz CT molecular complexity index is 3400. The number of hydrogen-bond acceptors (Lipinski definition) is 19. The van der Waals surface area contributed by atoms with Crippen LogP contribution in [0.4, 0.5) is 68.2 Å². The van der Waals surface area contributed by atoms with Crippen molar-refractivity contribution in [1.82, 2.24) is 0 Å². The van der Waals surface area contributed by atoms with Crippen LogP contribution in [0.25, 0.3) is 29.1 Å². The van der Waals surface area contributed by atoms with Crippen molar-refractivity contribution in [3.8, 4) is 40.2 Å². The van der Waals surface area contributed by atoms with E-state index in [-0.39, 0.29) is 100 Å². The standard InChI is InChI=1S/C10H10N2O4.5C9H8N2O3.Tc/c1-6-7(11-2)5-8(15-3)9(12(13)14)10(6)16-4;5*1-6-4-8(11(12)13)9(14-3)5-7(6)10-2;/h5H,1,3-4H3;5*4-5H,1,3H3;/q;;;;;;+6. The fourth-order valence-electron chi connectivity index (χ4n) is 6.84. The Morgan fingerprint density at radius 1 is 0.299 bits per heavy atom. The van der Waals surface area contributed by atoms with Crippen LogP contribution in [-0.4, -0.2) is 79.3 Å². The van der Waals surface area contributed by atoms with E-state index < -0.39 is 29.5 Å². The zero-order valence-electron chi connectivity index (χ0n) is 48.4. The van der Waals surface area contributed by atoms with Crippen LogP contribution in [0.15, 0.2) is 66.7 Å². The molecule has 0 bridgehead atoms. The molecule has 6 rings (SSSR count). The number of benzene rings is 6. The summed E-state index contributed by atoms with van der Waals surface area (Å²) < 4.78 is 33.9. The topological polar surface area (TPSA) is 350 Å². The van der Waals surface area contributed by atoms with Crippen LogP contribution in [0.1, 0.15) is 33.4 Å². The zero-order valence-corrected chi connectivity index (χ0v) is 50.2. The molecule has 0 aromatic heterocycles. The van der Waals surface area contributed by atoms with Gasteiger partial charge in [-0.25, -0.2) is 29.1 Å². The minimum atomic E-state index is -0.585. The van der Waals surface area contributed by atoms with E-state index in [0.29, 0.717) is 61.8 Å². The van der Waals surface area contributed by atoms with E-state index in [1.54, 1.807) is 41.5 Å². The van der Waals surface area contributed by atoms with Gasteiger partial charge >= 0.3 is 54.2 Å². The monoisotopic (exact) mass is 1280 g/mol. The average Bonchev–Trinajstić information content (AvgIpc) is 3.36. The maximum atomic E-state index is 10.9. The quantitative estimate of drug-likeness (QED) is 0.0589. The number of nitro benzene ring substituents is 6. The number of ether oxygens (including phenoxy) is 7. The van der Waals surface area contributed by atoms with E-state index in [1.165, 1.54) is 116 Å². The average molecular weight is 1280 g/mol. The van der Waals surface area contributed by atoms with Crippen molar-refractivity contribution in [2.45, 2.75) is 41.5 Å². The number of hydrogen-bond donors (Lipinski definition) is 0. The molecule has 0 fully saturated rings. The van der Waals surface area contributed by atoms with Crippen LogP contribution >= 0.6 is 0 Å². The Balaban J connectivity index is 0.00000102. The van der Waals surface area contributed by atoms with E-state index in [9.17, 15) is 60.7 Å². The van der Waals surface area contributed by atoms with Gasteiger partial charge in [-0.1, -0.05) is 0 Å². The van der Waals surface area contributed by atoms with Crippen LogP contribution in [0.3, 0.4) is 0 Å². The predicted molar refractivity (Wildman–Crippen MR) is 310 cm³/mol. The summed E-state index contributed by atoms with van der Waals surface area (Å²) in [6.07, 6.45) is 0. The minimum absolute atomic E-state index is 0. The summed E-state index contributed by atoms with van der Waals surface area (Å²) >= 11 is 0. The zero-order chi connectivity index (χ0) is 65.9. The van der Waals surface area contributed by atoms with E-state index in [0.717, 1.165) is 0 Å². The Morgan fingerprint density at radius 2 is 0.483 bits per heavy atom. The van der Waals surface area contributed by atoms with Gasteiger partial charge in [0.25, 0.3) is 0 Å². The first-order valence-corrected chi connectivity index (χ1v) is 23.4. The van der Waals surface area contributed by atoms with Gasteiger partial charge in [-0.2, -0.15) is 0 Å². The van der Waals surface area contributed by atoms with Crippen molar-refractivity contribution >= 4 is 68.2 Å². The first-order valence-electron chi connectivity index (χ1n) is 23.4. The molecule has 0 N–H and O–H groups in total. The largest absolute Gasteiger partial charge is 6.00 e. The molecule has 1 radical (unpaired) electrons. The van der Waals surface area contributed by atoms with Crippen molar-refractivity contribution in [2.75, 3.05) is 49.8 Å². The fraction of sp³-hybridized carbons (Fsp3) is 0.236. The molecule has 0 heterocycles. The van der Waals surface area contributed by atoms with Crippen molar-refractivity contribution in [1.29, 1.82) is 0 Å². The van der Waals surface area contributed by atoms with E-state index in [1.807, 2.05) is 0 Å². The summed E-state index contributed by atoms with van der Waals surface area (Å²) in [5, 5.41) is 63.8. The second-order valence-corrected chi connectivity index (χ2v) is 16.4. The van der Waals surface area contributed by atoms with Gasteiger partial charge in [0.2, 0.25) is 0 Å². The number of aryl methyl sites for hydroxylation is 5. The van der Waals surface area contributed by atoms with E-state index >= 15 is 0 Å². The van der Waals surface area contributed by atoms with Crippen LogP contribution in [0, 0.1) is 142 Å². The summed E-state index contributed by atoms with van der Waals surface area (Å²) in [6, 6.07) is 14.9. The normalized spacial score (nSPS) is 9.14. The number of rotatable bonds is 13. The molecule has 32 heteroatoms. The maximum absolute atomic E-state index is 10.9. The molecule has 0 aliphatic carbocycles. The Labute approximate surface area is 509 Å². The third kappa shape index (κ3) is 20.1. The molecule has 0 aliphatic heterocycles. The summed E-state index contributed by atoms with van der Waals surface area (Å²) in [5.74, 6) is 0.678. The van der Waals surface area contributed by atoms with Gasteiger partial charge in [0, 0.05) is 35.9 Å². The van der Waals surface area contributed by atoms with Gasteiger partial charge in [-0.05, 0) is 106 Å². The summed E-state index contributed by atoms with van der Waals surface area (Å²) in [4.78, 5) is 79.9. The summed E-state index contributed by atoms with van der Waals surface area (Å²) in [7, 11) is 9.33. The molecule has 0 atom stereocenters. The second-order valence-electron chi connectivity index (χ2n) is 16.4. The molecule has 0 saturated carbocycles. The predicted octanol–water partition coefficient (Wildman–Crippen LogP) is 14.8. The van der Waals surface area contributed by atoms with Crippen LogP contribution in [0.5, 0.6) is 40.2 Å². The summed E-state index contributed by atoms with van der Waals surface area (Å²) in [5.41, 5.74) is 4.61. The number of methoxy groups -OCH3 is 7. The fourth-order valence-corrected chi connectivity index (χ4v) is 6.84.